The van der Waals surface area contributed by atoms with Gasteiger partial charge in [-0.25, -0.2) is 8.70 Å². The monoisotopic (exact) mass is 449 g/mol. The first-order valence-electron chi connectivity index (χ1n) is 9.33. The zero-order valence-corrected chi connectivity index (χ0v) is 18.0. The summed E-state index contributed by atoms with van der Waals surface area (Å²) in [5.74, 6) is -1.13. The third kappa shape index (κ3) is 4.80. The molecular weight excluding hydrogens is 429 g/mol. The lowest BCUT2D eigenvalue weighted by Gasteiger charge is -2.24. The molecule has 0 saturated carbocycles. The molecule has 1 fully saturated rings. The summed E-state index contributed by atoms with van der Waals surface area (Å²) >= 11 is 4.26. The van der Waals surface area contributed by atoms with Gasteiger partial charge in [-0.1, -0.05) is 12.5 Å². The molecule has 152 valence electrons. The van der Waals surface area contributed by atoms with Crippen molar-refractivity contribution >= 4 is 57.5 Å². The van der Waals surface area contributed by atoms with Crippen LogP contribution in [0, 0.1) is 0 Å². The second-order valence-corrected chi connectivity index (χ2v) is 10.4. The first-order valence-corrected chi connectivity index (χ1v) is 11.7. The number of fused-ring (bicyclic) bond motifs is 1. The van der Waals surface area contributed by atoms with Crippen molar-refractivity contribution in [3.05, 3.63) is 51.0 Å². The number of piperidine rings is 1. The van der Waals surface area contributed by atoms with E-state index in [2.05, 4.69) is 9.62 Å². The number of thiophene rings is 2. The Morgan fingerprint density at radius 3 is 2.72 bits per heavy atom. The predicted octanol–water partition coefficient (Wildman–Crippen LogP) is 5.08. The van der Waals surface area contributed by atoms with Gasteiger partial charge in [0.2, 0.25) is 0 Å². The fourth-order valence-corrected chi connectivity index (χ4v) is 6.62. The molecule has 2 amide bonds. The van der Waals surface area contributed by atoms with Crippen molar-refractivity contribution in [2.24, 2.45) is 5.73 Å². The number of allylic oxidation sites excluding steroid dienone is 3. The van der Waals surface area contributed by atoms with E-state index in [4.69, 9.17) is 5.73 Å². The standard InChI is InChI=1S/C20H20FN3O2S3/c21-13-5-4-6-15-12(9-13)10-16(27-15)19(26)23-20-14(18(22)25)11-17(28-20)29-24-7-2-1-3-8-24/h4-6,10-11H,1-3,7-9H2,(H2,22,25)(H,23,26). The van der Waals surface area contributed by atoms with Crippen LogP contribution in [-0.4, -0.2) is 29.2 Å². The summed E-state index contributed by atoms with van der Waals surface area (Å²) in [6.07, 6.45) is 8.63. The molecule has 5 nitrogen and oxygen atoms in total. The Kier molecular flexibility index (Phi) is 6.19. The summed E-state index contributed by atoms with van der Waals surface area (Å²) < 4.78 is 16.9. The molecule has 0 atom stereocenters. The smallest absolute Gasteiger partial charge is 0.266 e. The molecule has 29 heavy (non-hydrogen) atoms. The van der Waals surface area contributed by atoms with Crippen molar-refractivity contribution in [1.29, 1.82) is 0 Å². The van der Waals surface area contributed by atoms with Gasteiger partial charge in [-0.05, 0) is 54.6 Å². The van der Waals surface area contributed by atoms with E-state index in [0.29, 0.717) is 15.4 Å². The van der Waals surface area contributed by atoms with Crippen LogP contribution in [0.25, 0.3) is 6.08 Å². The number of primary amides is 1. The lowest BCUT2D eigenvalue weighted by atomic mass is 10.1. The Bertz CT molecular complexity index is 1000. The molecule has 1 saturated heterocycles. The third-order valence-electron chi connectivity index (χ3n) is 4.69. The molecule has 4 rings (SSSR count). The Morgan fingerprint density at radius 2 is 1.97 bits per heavy atom. The number of hydrogen-bond donors (Lipinski definition) is 2. The van der Waals surface area contributed by atoms with Crippen LogP contribution in [0.1, 0.15) is 49.7 Å². The van der Waals surface area contributed by atoms with Gasteiger partial charge in [-0.15, -0.1) is 22.7 Å². The Balaban J connectivity index is 1.52. The SMILES string of the molecule is NC(=O)c1cc(SN2CCCCC2)sc1NC(=O)c1cc2c(s1)C=CC=C(F)C2. The first-order chi connectivity index (χ1) is 14.0. The van der Waals surface area contributed by atoms with Gasteiger partial charge in [0.25, 0.3) is 11.8 Å². The molecule has 0 aromatic carbocycles. The van der Waals surface area contributed by atoms with Crippen LogP contribution in [0.2, 0.25) is 0 Å². The van der Waals surface area contributed by atoms with Gasteiger partial charge < -0.3 is 11.1 Å². The van der Waals surface area contributed by atoms with E-state index >= 15 is 0 Å². The molecule has 3 heterocycles. The molecule has 1 aliphatic heterocycles. The summed E-state index contributed by atoms with van der Waals surface area (Å²) in [5, 5.41) is 3.28. The Morgan fingerprint density at radius 1 is 1.17 bits per heavy atom. The maximum absolute atomic E-state index is 13.7. The Labute approximate surface area is 180 Å². The minimum absolute atomic E-state index is 0.175. The van der Waals surface area contributed by atoms with Crippen molar-refractivity contribution in [1.82, 2.24) is 4.31 Å². The topological polar surface area (TPSA) is 75.4 Å². The van der Waals surface area contributed by atoms with E-state index in [0.717, 1.165) is 40.6 Å². The minimum atomic E-state index is -0.570. The van der Waals surface area contributed by atoms with Gasteiger partial charge in [0.1, 0.15) is 10.8 Å². The normalized spacial score (nSPS) is 16.8. The molecule has 0 unspecified atom stereocenters. The van der Waals surface area contributed by atoms with Crippen LogP contribution < -0.4 is 11.1 Å². The van der Waals surface area contributed by atoms with Crippen LogP contribution >= 0.6 is 34.6 Å². The average molecular weight is 450 g/mol. The molecule has 2 aromatic rings. The van der Waals surface area contributed by atoms with E-state index in [1.807, 2.05) is 0 Å². The van der Waals surface area contributed by atoms with Crippen LogP contribution in [0.4, 0.5) is 9.39 Å². The highest BCUT2D eigenvalue weighted by Crippen LogP contribution is 2.38. The van der Waals surface area contributed by atoms with Crippen LogP contribution in [0.3, 0.4) is 0 Å². The number of amides is 2. The number of nitrogens with two attached hydrogens (primary N) is 1. The van der Waals surface area contributed by atoms with Crippen molar-refractivity contribution in [2.75, 3.05) is 18.4 Å². The van der Waals surface area contributed by atoms with Gasteiger partial charge in [-0.2, -0.15) is 0 Å². The largest absolute Gasteiger partial charge is 0.366 e. The van der Waals surface area contributed by atoms with Crippen LogP contribution in [0.5, 0.6) is 0 Å². The summed E-state index contributed by atoms with van der Waals surface area (Å²) in [5.41, 5.74) is 6.62. The zero-order chi connectivity index (χ0) is 20.4. The van der Waals surface area contributed by atoms with Gasteiger partial charge >= 0.3 is 0 Å². The number of carbonyl (C=O) groups excluding carboxylic acids is 2. The number of rotatable bonds is 5. The number of anilines is 1. The van der Waals surface area contributed by atoms with E-state index in [1.165, 1.54) is 35.2 Å². The number of halogens is 1. The number of nitrogens with zero attached hydrogens (tertiary/aromatic N) is 1. The number of carbonyl (C=O) groups is 2. The van der Waals surface area contributed by atoms with Gasteiger partial charge in [0.15, 0.2) is 0 Å². The van der Waals surface area contributed by atoms with Crippen molar-refractivity contribution < 1.29 is 14.0 Å². The summed E-state index contributed by atoms with van der Waals surface area (Å²) in [6, 6.07) is 3.45. The number of nitrogens with one attached hydrogen (secondary N) is 1. The predicted molar refractivity (Wildman–Crippen MR) is 118 cm³/mol. The van der Waals surface area contributed by atoms with E-state index < -0.39 is 5.91 Å². The Hall–Kier alpha value is -1.94. The molecule has 0 spiro atoms. The highest BCUT2D eigenvalue weighted by Gasteiger charge is 2.21. The van der Waals surface area contributed by atoms with E-state index in [9.17, 15) is 14.0 Å². The van der Waals surface area contributed by atoms with Crippen LogP contribution in [0.15, 0.2) is 34.3 Å². The minimum Gasteiger partial charge on any atom is -0.366 e. The lowest BCUT2D eigenvalue weighted by Crippen LogP contribution is -2.22. The molecule has 3 N–H and O–H groups in total. The molecule has 2 aliphatic rings. The second kappa shape index (κ2) is 8.83. The third-order valence-corrected chi connectivity index (χ3v) is 8.07. The van der Waals surface area contributed by atoms with Crippen LogP contribution in [-0.2, 0) is 6.42 Å². The van der Waals surface area contributed by atoms with Crippen molar-refractivity contribution in [2.45, 2.75) is 29.9 Å². The maximum Gasteiger partial charge on any atom is 0.266 e. The van der Waals surface area contributed by atoms with E-state index in [-0.39, 0.29) is 18.2 Å². The molecule has 0 bridgehead atoms. The van der Waals surface area contributed by atoms with Gasteiger partial charge in [0, 0.05) is 24.4 Å². The molecular formula is C20H20FN3O2S3. The quantitative estimate of drug-likeness (QED) is 0.625. The fraction of sp³-hybridized carbons (Fsp3) is 0.300. The summed E-state index contributed by atoms with van der Waals surface area (Å²) in [6.45, 7) is 2.02. The summed E-state index contributed by atoms with van der Waals surface area (Å²) in [4.78, 5) is 26.0. The van der Waals surface area contributed by atoms with Crippen molar-refractivity contribution in [3.63, 3.8) is 0 Å². The highest BCUT2D eigenvalue weighted by molar-refractivity contribution is 7.99. The fourth-order valence-electron chi connectivity index (χ4n) is 3.25. The number of hydrogen-bond acceptors (Lipinski definition) is 6. The highest BCUT2D eigenvalue weighted by atomic mass is 32.2. The van der Waals surface area contributed by atoms with E-state index in [1.54, 1.807) is 36.2 Å². The average Bonchev–Trinajstić information content (AvgIpc) is 3.22. The lowest BCUT2D eigenvalue weighted by molar-refractivity contribution is 0.100. The van der Waals surface area contributed by atoms with Crippen molar-refractivity contribution in [3.8, 4) is 0 Å². The molecule has 0 radical (unpaired) electrons. The first kappa shape index (κ1) is 20.3. The van der Waals surface area contributed by atoms with Gasteiger partial charge in [0.05, 0.1) is 14.6 Å². The zero-order valence-electron chi connectivity index (χ0n) is 15.6. The second-order valence-electron chi connectivity index (χ2n) is 6.86. The van der Waals surface area contributed by atoms with Gasteiger partial charge in [-0.3, -0.25) is 9.59 Å². The molecule has 9 heteroatoms. The molecule has 2 aromatic heterocycles. The summed E-state index contributed by atoms with van der Waals surface area (Å²) in [7, 11) is 0. The maximum atomic E-state index is 13.7. The molecule has 1 aliphatic carbocycles.